The Labute approximate surface area is 116 Å². The van der Waals surface area contributed by atoms with Crippen LogP contribution in [0, 0.1) is 0 Å². The molecular weight excluding hydrogens is 254 g/mol. The first-order valence-corrected chi connectivity index (χ1v) is 6.75. The van der Waals surface area contributed by atoms with Crippen molar-refractivity contribution in [2.45, 2.75) is 32.0 Å². The molecule has 1 atom stereocenters. The van der Waals surface area contributed by atoms with Crippen LogP contribution in [-0.2, 0) is 24.2 Å². The van der Waals surface area contributed by atoms with Gasteiger partial charge in [0.25, 0.3) is 5.56 Å². The van der Waals surface area contributed by atoms with E-state index in [2.05, 4.69) is 22.1 Å². The maximum atomic E-state index is 11.7. The minimum absolute atomic E-state index is 0.0939. The van der Waals surface area contributed by atoms with Gasteiger partial charge in [-0.1, -0.05) is 30.3 Å². The number of H-pyrrole nitrogens is 1. The summed E-state index contributed by atoms with van der Waals surface area (Å²) < 4.78 is 5.75. The fourth-order valence-electron chi connectivity index (χ4n) is 2.51. The van der Waals surface area contributed by atoms with Crippen LogP contribution >= 0.6 is 0 Å². The van der Waals surface area contributed by atoms with E-state index < -0.39 is 0 Å². The lowest BCUT2D eigenvalue weighted by molar-refractivity contribution is 0.0213. The van der Waals surface area contributed by atoms with E-state index in [9.17, 15) is 4.79 Å². The van der Waals surface area contributed by atoms with Crippen LogP contribution in [0.5, 0.6) is 0 Å². The second-order valence-corrected chi connectivity index (χ2v) is 5.04. The largest absolute Gasteiger partial charge is 0.373 e. The minimum atomic E-state index is -0.186. The maximum Gasteiger partial charge on any atom is 0.258 e. The average molecular weight is 271 g/mol. The SMILES string of the molecule is Nc1nc2c(c(=O)[nH]1)COC(CCc1ccccc1)C2. The molecule has 2 aromatic rings. The fourth-order valence-corrected chi connectivity index (χ4v) is 2.51. The molecule has 5 heteroatoms. The van der Waals surface area contributed by atoms with Gasteiger partial charge >= 0.3 is 0 Å². The van der Waals surface area contributed by atoms with Gasteiger partial charge in [0.05, 0.1) is 24.0 Å². The summed E-state index contributed by atoms with van der Waals surface area (Å²) in [4.78, 5) is 18.4. The van der Waals surface area contributed by atoms with Crippen LogP contribution in [0.2, 0.25) is 0 Å². The molecule has 0 saturated carbocycles. The number of aromatic nitrogens is 2. The van der Waals surface area contributed by atoms with Crippen LogP contribution in [0.3, 0.4) is 0 Å². The summed E-state index contributed by atoms with van der Waals surface area (Å²) in [6, 6.07) is 10.3. The quantitative estimate of drug-likeness (QED) is 0.884. The van der Waals surface area contributed by atoms with E-state index in [1.54, 1.807) is 0 Å². The molecule has 0 bridgehead atoms. The van der Waals surface area contributed by atoms with Crippen molar-refractivity contribution < 1.29 is 4.74 Å². The molecule has 0 aliphatic carbocycles. The van der Waals surface area contributed by atoms with Crippen molar-refractivity contribution in [1.29, 1.82) is 0 Å². The Balaban J connectivity index is 1.68. The smallest absolute Gasteiger partial charge is 0.258 e. The number of ether oxygens (including phenoxy) is 1. The van der Waals surface area contributed by atoms with E-state index in [4.69, 9.17) is 10.5 Å². The third kappa shape index (κ3) is 2.72. The number of nitrogens with one attached hydrogen (secondary N) is 1. The van der Waals surface area contributed by atoms with Crippen molar-refractivity contribution in [3.8, 4) is 0 Å². The van der Waals surface area contributed by atoms with Crippen LogP contribution in [-0.4, -0.2) is 16.1 Å². The first-order valence-electron chi connectivity index (χ1n) is 6.75. The van der Waals surface area contributed by atoms with Crippen molar-refractivity contribution in [3.05, 3.63) is 57.5 Å². The molecule has 1 aromatic carbocycles. The first kappa shape index (κ1) is 12.9. The summed E-state index contributed by atoms with van der Waals surface area (Å²) in [6.45, 7) is 0.317. The number of aromatic amines is 1. The van der Waals surface area contributed by atoms with Crippen molar-refractivity contribution >= 4 is 5.95 Å². The fraction of sp³-hybridized carbons (Fsp3) is 0.333. The molecule has 3 rings (SSSR count). The van der Waals surface area contributed by atoms with Crippen molar-refractivity contribution in [2.24, 2.45) is 0 Å². The van der Waals surface area contributed by atoms with E-state index in [-0.39, 0.29) is 17.6 Å². The number of fused-ring (bicyclic) bond motifs is 1. The van der Waals surface area contributed by atoms with Gasteiger partial charge in [-0.2, -0.15) is 0 Å². The Hall–Kier alpha value is -2.14. The standard InChI is InChI=1S/C15H17N3O2/c16-15-17-13-8-11(20-9-12(13)14(19)18-15)7-6-10-4-2-1-3-5-10/h1-5,11H,6-9H2,(H3,16,17,18,19). The minimum Gasteiger partial charge on any atom is -0.373 e. The van der Waals surface area contributed by atoms with E-state index in [1.807, 2.05) is 18.2 Å². The molecular formula is C15H17N3O2. The molecule has 1 aliphatic heterocycles. The Bertz CT molecular complexity index is 652. The third-order valence-corrected chi connectivity index (χ3v) is 3.60. The van der Waals surface area contributed by atoms with Crippen LogP contribution in [0.15, 0.2) is 35.1 Å². The number of benzene rings is 1. The molecule has 5 nitrogen and oxygen atoms in total. The second-order valence-electron chi connectivity index (χ2n) is 5.04. The number of hydrogen-bond donors (Lipinski definition) is 2. The summed E-state index contributed by atoms with van der Waals surface area (Å²) in [5.41, 5.74) is 8.07. The summed E-state index contributed by atoms with van der Waals surface area (Å²) in [5, 5.41) is 0. The molecule has 20 heavy (non-hydrogen) atoms. The summed E-state index contributed by atoms with van der Waals surface area (Å²) in [6.07, 6.45) is 2.62. The second kappa shape index (κ2) is 5.46. The zero-order valence-electron chi connectivity index (χ0n) is 11.1. The van der Waals surface area contributed by atoms with Gasteiger partial charge in [-0.3, -0.25) is 9.78 Å². The monoisotopic (exact) mass is 271 g/mol. The molecule has 1 aliphatic rings. The zero-order valence-corrected chi connectivity index (χ0v) is 11.1. The average Bonchev–Trinajstić information content (AvgIpc) is 2.45. The highest BCUT2D eigenvalue weighted by atomic mass is 16.5. The Kier molecular flexibility index (Phi) is 3.52. The summed E-state index contributed by atoms with van der Waals surface area (Å²) in [7, 11) is 0. The predicted octanol–water partition coefficient (Wildman–Crippen LogP) is 1.43. The lowest BCUT2D eigenvalue weighted by Crippen LogP contribution is -2.30. The molecule has 0 amide bonds. The van der Waals surface area contributed by atoms with Gasteiger partial charge in [-0.25, -0.2) is 4.98 Å². The number of nitrogens with zero attached hydrogens (tertiary/aromatic N) is 1. The van der Waals surface area contributed by atoms with E-state index in [0.29, 0.717) is 18.6 Å². The Morgan fingerprint density at radius 3 is 2.95 bits per heavy atom. The van der Waals surface area contributed by atoms with Crippen LogP contribution in [0.1, 0.15) is 23.2 Å². The predicted molar refractivity (Wildman–Crippen MR) is 76.3 cm³/mol. The summed E-state index contributed by atoms with van der Waals surface area (Å²) in [5.74, 6) is 0.178. The van der Waals surface area contributed by atoms with Gasteiger partial charge in [0.15, 0.2) is 0 Å². The molecule has 3 N–H and O–H groups in total. The number of anilines is 1. The van der Waals surface area contributed by atoms with Gasteiger partial charge in [0.2, 0.25) is 5.95 Å². The van der Waals surface area contributed by atoms with Crippen LogP contribution < -0.4 is 11.3 Å². The lowest BCUT2D eigenvalue weighted by atomic mass is 10.00. The lowest BCUT2D eigenvalue weighted by Gasteiger charge is -2.24. The topological polar surface area (TPSA) is 81.0 Å². The molecule has 0 spiro atoms. The Morgan fingerprint density at radius 1 is 1.35 bits per heavy atom. The molecule has 1 unspecified atom stereocenters. The van der Waals surface area contributed by atoms with Crippen molar-refractivity contribution in [2.75, 3.05) is 5.73 Å². The molecule has 0 fully saturated rings. The van der Waals surface area contributed by atoms with Gasteiger partial charge < -0.3 is 10.5 Å². The van der Waals surface area contributed by atoms with Gasteiger partial charge in [-0.15, -0.1) is 0 Å². The highest BCUT2D eigenvalue weighted by molar-refractivity contribution is 5.26. The Morgan fingerprint density at radius 2 is 2.15 bits per heavy atom. The van der Waals surface area contributed by atoms with Crippen LogP contribution in [0.4, 0.5) is 5.95 Å². The number of nitrogen functional groups attached to an aromatic ring is 1. The van der Waals surface area contributed by atoms with Gasteiger partial charge in [-0.05, 0) is 18.4 Å². The number of aryl methyl sites for hydroxylation is 1. The molecule has 1 aromatic heterocycles. The number of hydrogen-bond acceptors (Lipinski definition) is 4. The summed E-state index contributed by atoms with van der Waals surface area (Å²) >= 11 is 0. The molecule has 2 heterocycles. The van der Waals surface area contributed by atoms with Crippen LogP contribution in [0.25, 0.3) is 0 Å². The maximum absolute atomic E-state index is 11.7. The molecule has 104 valence electrons. The van der Waals surface area contributed by atoms with E-state index in [1.165, 1.54) is 5.56 Å². The molecule has 0 radical (unpaired) electrons. The van der Waals surface area contributed by atoms with Crippen molar-refractivity contribution in [3.63, 3.8) is 0 Å². The normalized spacial score (nSPS) is 17.7. The van der Waals surface area contributed by atoms with Gasteiger partial charge in [0, 0.05) is 6.42 Å². The molecule has 0 saturated heterocycles. The third-order valence-electron chi connectivity index (χ3n) is 3.60. The number of rotatable bonds is 3. The number of nitrogens with two attached hydrogens (primary N) is 1. The first-order chi connectivity index (χ1) is 9.72. The highest BCUT2D eigenvalue weighted by Gasteiger charge is 2.22. The van der Waals surface area contributed by atoms with Crippen molar-refractivity contribution in [1.82, 2.24) is 9.97 Å². The zero-order chi connectivity index (χ0) is 13.9. The van der Waals surface area contributed by atoms with Gasteiger partial charge in [0.1, 0.15) is 0 Å². The van der Waals surface area contributed by atoms with E-state index >= 15 is 0 Å². The van der Waals surface area contributed by atoms with E-state index in [0.717, 1.165) is 18.5 Å². The highest BCUT2D eigenvalue weighted by Crippen LogP contribution is 2.19.